The van der Waals surface area contributed by atoms with E-state index < -0.39 is 0 Å². The second kappa shape index (κ2) is 6.46. The summed E-state index contributed by atoms with van der Waals surface area (Å²) in [6, 6.07) is 28.1. The summed E-state index contributed by atoms with van der Waals surface area (Å²) in [5.74, 6) is 0. The maximum Gasteiger partial charge on any atom is 0.0991 e. The van der Waals surface area contributed by atoms with Crippen molar-refractivity contribution in [2.24, 2.45) is 0 Å². The third kappa shape index (κ3) is 3.03. The highest BCUT2D eigenvalue weighted by Crippen LogP contribution is 2.34. The Hall–Kier alpha value is -2.57. The summed E-state index contributed by atoms with van der Waals surface area (Å²) in [7, 11) is 0. The van der Waals surface area contributed by atoms with Crippen LogP contribution in [0.4, 0.5) is 17.1 Å². The Labute approximate surface area is 138 Å². The molecule has 0 heterocycles. The van der Waals surface area contributed by atoms with E-state index in [-0.39, 0.29) is 0 Å². The molecule has 0 aliphatic carbocycles. The molecule has 0 fully saturated rings. The van der Waals surface area contributed by atoms with Gasteiger partial charge in [-0.3, -0.25) is 0 Å². The van der Waals surface area contributed by atoms with Crippen LogP contribution in [0.1, 0.15) is 5.56 Å². The molecule has 0 atom stereocenters. The molecule has 2 nitrogen and oxygen atoms in total. The van der Waals surface area contributed by atoms with Crippen molar-refractivity contribution in [1.82, 2.24) is 0 Å². The van der Waals surface area contributed by atoms with Crippen LogP contribution in [-0.2, 0) is 0 Å². The molecule has 0 radical (unpaired) electrons. The van der Waals surface area contributed by atoms with E-state index >= 15 is 0 Å². The van der Waals surface area contributed by atoms with Gasteiger partial charge in [0.25, 0.3) is 0 Å². The average molecular weight is 349 g/mol. The molecule has 0 aliphatic rings. The number of hydrogen-bond donors (Lipinski definition) is 0. The summed E-state index contributed by atoms with van der Waals surface area (Å²) in [5, 5.41) is 8.96. The second-order valence-electron chi connectivity index (χ2n) is 4.81. The molecule has 0 N–H and O–H groups in total. The highest BCUT2D eigenvalue weighted by atomic mass is 79.9. The molecule has 3 aromatic carbocycles. The van der Waals surface area contributed by atoms with Crippen LogP contribution in [0.3, 0.4) is 0 Å². The highest BCUT2D eigenvalue weighted by molar-refractivity contribution is 9.10. The second-order valence-corrected chi connectivity index (χ2v) is 5.72. The normalized spacial score (nSPS) is 10.0. The summed E-state index contributed by atoms with van der Waals surface area (Å²) in [4.78, 5) is 2.16. The molecule has 3 rings (SSSR count). The van der Waals surface area contributed by atoms with Gasteiger partial charge in [-0.25, -0.2) is 0 Å². The van der Waals surface area contributed by atoms with Gasteiger partial charge in [-0.05, 0) is 60.7 Å². The lowest BCUT2D eigenvalue weighted by molar-refractivity contribution is 1.28. The Bertz CT molecular complexity index is 788. The third-order valence-corrected chi connectivity index (χ3v) is 3.88. The smallest absolute Gasteiger partial charge is 0.0991 e. The number of para-hydroxylation sites is 1. The largest absolute Gasteiger partial charge is 0.311 e. The zero-order valence-electron chi connectivity index (χ0n) is 11.8. The Morgan fingerprint density at radius 2 is 1.18 bits per heavy atom. The van der Waals surface area contributed by atoms with E-state index in [0.29, 0.717) is 5.56 Å². The SMILES string of the molecule is N#Cc1ccc(N(c2ccccc2)c2ccc(Br)cc2)cc1. The van der Waals surface area contributed by atoms with Crippen molar-refractivity contribution < 1.29 is 0 Å². The summed E-state index contributed by atoms with van der Waals surface area (Å²) in [5.41, 5.74) is 3.83. The molecule has 0 bridgehead atoms. The van der Waals surface area contributed by atoms with Crippen molar-refractivity contribution in [2.75, 3.05) is 4.90 Å². The van der Waals surface area contributed by atoms with Crippen LogP contribution in [0.25, 0.3) is 0 Å². The molecule has 0 saturated carbocycles. The molecule has 0 aromatic heterocycles. The number of nitrogens with zero attached hydrogens (tertiary/aromatic N) is 2. The van der Waals surface area contributed by atoms with Crippen LogP contribution in [0.5, 0.6) is 0 Å². The van der Waals surface area contributed by atoms with Gasteiger partial charge in [0.05, 0.1) is 11.6 Å². The highest BCUT2D eigenvalue weighted by Gasteiger charge is 2.11. The molecule has 0 aliphatic heterocycles. The lowest BCUT2D eigenvalue weighted by Gasteiger charge is -2.25. The van der Waals surface area contributed by atoms with Crippen LogP contribution >= 0.6 is 15.9 Å². The zero-order chi connectivity index (χ0) is 15.4. The lowest BCUT2D eigenvalue weighted by Crippen LogP contribution is -2.09. The van der Waals surface area contributed by atoms with E-state index in [2.05, 4.69) is 51.2 Å². The van der Waals surface area contributed by atoms with Crippen molar-refractivity contribution in [1.29, 1.82) is 5.26 Å². The van der Waals surface area contributed by atoms with Crippen LogP contribution in [0.2, 0.25) is 0 Å². The van der Waals surface area contributed by atoms with Gasteiger partial charge in [0, 0.05) is 21.5 Å². The molecule has 0 spiro atoms. The fourth-order valence-corrected chi connectivity index (χ4v) is 2.56. The molecule has 22 heavy (non-hydrogen) atoms. The van der Waals surface area contributed by atoms with Gasteiger partial charge in [-0.15, -0.1) is 0 Å². The Morgan fingerprint density at radius 3 is 1.73 bits per heavy atom. The van der Waals surface area contributed by atoms with Crippen molar-refractivity contribution >= 4 is 33.0 Å². The monoisotopic (exact) mass is 348 g/mol. The minimum atomic E-state index is 0.660. The molecule has 3 heteroatoms. The number of anilines is 3. The Morgan fingerprint density at radius 1 is 0.682 bits per heavy atom. The first-order chi connectivity index (χ1) is 10.8. The minimum Gasteiger partial charge on any atom is -0.311 e. The van der Waals surface area contributed by atoms with Crippen LogP contribution in [-0.4, -0.2) is 0 Å². The minimum absolute atomic E-state index is 0.660. The number of halogens is 1. The van der Waals surface area contributed by atoms with Crippen LogP contribution in [0, 0.1) is 11.3 Å². The van der Waals surface area contributed by atoms with Gasteiger partial charge >= 0.3 is 0 Å². The number of benzene rings is 3. The predicted octanol–water partition coefficient (Wildman–Crippen LogP) is 5.79. The summed E-state index contributed by atoms with van der Waals surface area (Å²) < 4.78 is 1.05. The number of hydrogen-bond acceptors (Lipinski definition) is 2. The maximum absolute atomic E-state index is 8.96. The first kappa shape index (κ1) is 14.4. The molecular formula is C19H13BrN2. The standard InChI is InChI=1S/C19H13BrN2/c20-16-8-12-19(13-9-16)22(17-4-2-1-3-5-17)18-10-6-15(14-21)7-11-18/h1-13H. The maximum atomic E-state index is 8.96. The van der Waals surface area contributed by atoms with Crippen LogP contribution < -0.4 is 4.90 Å². The average Bonchev–Trinajstić information content (AvgIpc) is 2.58. The third-order valence-electron chi connectivity index (χ3n) is 3.35. The Kier molecular flexibility index (Phi) is 4.22. The molecule has 0 saturated heterocycles. The molecular weight excluding hydrogens is 336 g/mol. The lowest BCUT2D eigenvalue weighted by atomic mass is 10.1. The van der Waals surface area contributed by atoms with Gasteiger partial charge in [0.2, 0.25) is 0 Å². The van der Waals surface area contributed by atoms with E-state index in [1.807, 2.05) is 54.6 Å². The summed E-state index contributed by atoms with van der Waals surface area (Å²) >= 11 is 3.47. The van der Waals surface area contributed by atoms with Gasteiger partial charge in [-0.1, -0.05) is 34.1 Å². The van der Waals surface area contributed by atoms with Crippen molar-refractivity contribution in [3.63, 3.8) is 0 Å². The van der Waals surface area contributed by atoms with E-state index in [4.69, 9.17) is 5.26 Å². The molecule has 0 amide bonds. The van der Waals surface area contributed by atoms with Gasteiger partial charge in [-0.2, -0.15) is 5.26 Å². The van der Waals surface area contributed by atoms with Gasteiger partial charge in [0.1, 0.15) is 0 Å². The van der Waals surface area contributed by atoms with E-state index in [1.54, 1.807) is 0 Å². The fraction of sp³-hybridized carbons (Fsp3) is 0. The van der Waals surface area contributed by atoms with Crippen molar-refractivity contribution in [2.45, 2.75) is 0 Å². The van der Waals surface area contributed by atoms with E-state index in [9.17, 15) is 0 Å². The van der Waals surface area contributed by atoms with Crippen molar-refractivity contribution in [3.05, 3.63) is 88.9 Å². The van der Waals surface area contributed by atoms with E-state index in [0.717, 1.165) is 21.5 Å². The van der Waals surface area contributed by atoms with Gasteiger partial charge in [0.15, 0.2) is 0 Å². The van der Waals surface area contributed by atoms with Gasteiger partial charge < -0.3 is 4.90 Å². The number of rotatable bonds is 3. The van der Waals surface area contributed by atoms with Crippen molar-refractivity contribution in [3.8, 4) is 6.07 Å². The molecule has 3 aromatic rings. The molecule has 0 unspecified atom stereocenters. The zero-order valence-corrected chi connectivity index (χ0v) is 13.4. The van der Waals surface area contributed by atoms with Crippen LogP contribution in [0.15, 0.2) is 83.3 Å². The summed E-state index contributed by atoms with van der Waals surface area (Å²) in [6.07, 6.45) is 0. The Balaban J connectivity index is 2.10. The predicted molar refractivity (Wildman–Crippen MR) is 93.5 cm³/mol. The quantitative estimate of drug-likeness (QED) is 0.598. The number of nitriles is 1. The molecule has 106 valence electrons. The van der Waals surface area contributed by atoms with E-state index in [1.165, 1.54) is 0 Å². The topological polar surface area (TPSA) is 27.0 Å². The first-order valence-electron chi connectivity index (χ1n) is 6.89. The summed E-state index contributed by atoms with van der Waals surface area (Å²) in [6.45, 7) is 0. The fourth-order valence-electron chi connectivity index (χ4n) is 2.30. The first-order valence-corrected chi connectivity index (χ1v) is 7.68.